The maximum Gasteiger partial charge on any atom is 0.00104 e. The Morgan fingerprint density at radius 1 is 1.40 bits per heavy atom. The van der Waals surface area contributed by atoms with E-state index in [2.05, 4.69) is 32.3 Å². The first-order chi connectivity index (χ1) is 4.79. The summed E-state index contributed by atoms with van der Waals surface area (Å²) < 4.78 is 0. The Kier molecular flexibility index (Phi) is 5.32. The van der Waals surface area contributed by atoms with Crippen molar-refractivity contribution in [2.45, 2.75) is 32.7 Å². The standard InChI is InChI=1S/C7H15N.C2H4/c1-6(2)8-5-7-3-4-7;1-2/h6-8H,3-5H2,1-2H3;1-2H2. The molecule has 1 fully saturated rings. The average Bonchev–Trinajstić information content (AvgIpc) is 2.70. The van der Waals surface area contributed by atoms with E-state index in [1.54, 1.807) is 0 Å². The van der Waals surface area contributed by atoms with Gasteiger partial charge in [-0.2, -0.15) is 0 Å². The fourth-order valence-electron chi connectivity index (χ4n) is 0.724. The van der Waals surface area contributed by atoms with E-state index in [1.807, 2.05) is 0 Å². The van der Waals surface area contributed by atoms with Crippen molar-refractivity contribution in [3.05, 3.63) is 13.2 Å². The Morgan fingerprint density at radius 3 is 2.20 bits per heavy atom. The molecule has 0 aromatic rings. The minimum atomic E-state index is 0.676. The van der Waals surface area contributed by atoms with Gasteiger partial charge in [0.2, 0.25) is 0 Å². The van der Waals surface area contributed by atoms with Crippen LogP contribution in [0, 0.1) is 5.92 Å². The second kappa shape index (κ2) is 5.48. The second-order valence-corrected chi connectivity index (χ2v) is 3.01. The lowest BCUT2D eigenvalue weighted by atomic mass is 10.3. The van der Waals surface area contributed by atoms with Gasteiger partial charge in [-0.05, 0) is 25.3 Å². The molecule has 0 aliphatic heterocycles. The topological polar surface area (TPSA) is 12.0 Å². The molecule has 0 saturated heterocycles. The highest BCUT2D eigenvalue weighted by Crippen LogP contribution is 2.27. The normalized spacial score (nSPS) is 16.3. The van der Waals surface area contributed by atoms with Gasteiger partial charge in [-0.15, -0.1) is 13.2 Å². The first-order valence-corrected chi connectivity index (χ1v) is 4.02. The third kappa shape index (κ3) is 5.83. The monoisotopic (exact) mass is 141 g/mol. The van der Waals surface area contributed by atoms with Crippen molar-refractivity contribution in [3.8, 4) is 0 Å². The largest absolute Gasteiger partial charge is 0.314 e. The highest BCUT2D eigenvalue weighted by molar-refractivity contribution is 4.75. The molecule has 10 heavy (non-hydrogen) atoms. The molecular formula is C9H19N. The van der Waals surface area contributed by atoms with Gasteiger partial charge in [-0.25, -0.2) is 0 Å². The summed E-state index contributed by atoms with van der Waals surface area (Å²) in [5.74, 6) is 1.03. The highest BCUT2D eigenvalue weighted by Gasteiger charge is 2.20. The molecule has 0 amide bonds. The Labute approximate surface area is 64.5 Å². The molecule has 1 N–H and O–H groups in total. The number of rotatable bonds is 3. The fourth-order valence-corrected chi connectivity index (χ4v) is 0.724. The SMILES string of the molecule is C=C.CC(C)NCC1CC1. The quantitative estimate of drug-likeness (QED) is 0.594. The minimum Gasteiger partial charge on any atom is -0.314 e. The lowest BCUT2D eigenvalue weighted by molar-refractivity contribution is 0.561. The molecule has 1 heteroatoms. The van der Waals surface area contributed by atoms with E-state index < -0.39 is 0 Å². The van der Waals surface area contributed by atoms with Crippen LogP contribution in [0.3, 0.4) is 0 Å². The first kappa shape index (κ1) is 9.70. The average molecular weight is 141 g/mol. The molecule has 1 aliphatic carbocycles. The Morgan fingerprint density at radius 2 is 1.90 bits per heavy atom. The predicted molar refractivity (Wildman–Crippen MR) is 47.1 cm³/mol. The zero-order valence-corrected chi connectivity index (χ0v) is 7.19. The summed E-state index contributed by atoms with van der Waals surface area (Å²) in [7, 11) is 0. The molecule has 0 aromatic carbocycles. The van der Waals surface area contributed by atoms with Crippen molar-refractivity contribution >= 4 is 0 Å². The van der Waals surface area contributed by atoms with Crippen LogP contribution in [0.4, 0.5) is 0 Å². The van der Waals surface area contributed by atoms with E-state index >= 15 is 0 Å². The Hall–Kier alpha value is -0.300. The van der Waals surface area contributed by atoms with Gasteiger partial charge in [-0.3, -0.25) is 0 Å². The van der Waals surface area contributed by atoms with Crippen LogP contribution in [-0.2, 0) is 0 Å². The summed E-state index contributed by atoms with van der Waals surface area (Å²) in [6.45, 7) is 11.6. The summed E-state index contributed by atoms with van der Waals surface area (Å²) in [5.41, 5.74) is 0. The summed E-state index contributed by atoms with van der Waals surface area (Å²) in [6, 6.07) is 0.676. The van der Waals surface area contributed by atoms with Crippen molar-refractivity contribution in [3.63, 3.8) is 0 Å². The molecule has 0 radical (unpaired) electrons. The van der Waals surface area contributed by atoms with Gasteiger partial charge in [0, 0.05) is 6.04 Å². The van der Waals surface area contributed by atoms with Gasteiger partial charge in [0.1, 0.15) is 0 Å². The van der Waals surface area contributed by atoms with Crippen molar-refractivity contribution < 1.29 is 0 Å². The van der Waals surface area contributed by atoms with E-state index in [1.165, 1.54) is 19.4 Å². The lowest BCUT2D eigenvalue weighted by Crippen LogP contribution is -2.24. The molecule has 1 rings (SSSR count). The van der Waals surface area contributed by atoms with Gasteiger partial charge < -0.3 is 5.32 Å². The van der Waals surface area contributed by atoms with Crippen LogP contribution in [0.15, 0.2) is 13.2 Å². The van der Waals surface area contributed by atoms with Crippen molar-refractivity contribution in [2.75, 3.05) is 6.54 Å². The van der Waals surface area contributed by atoms with Gasteiger partial charge in [0.05, 0.1) is 0 Å². The number of hydrogen-bond donors (Lipinski definition) is 1. The van der Waals surface area contributed by atoms with Crippen LogP contribution in [0.25, 0.3) is 0 Å². The third-order valence-electron chi connectivity index (χ3n) is 1.51. The zero-order chi connectivity index (χ0) is 7.98. The van der Waals surface area contributed by atoms with E-state index in [0.29, 0.717) is 6.04 Å². The van der Waals surface area contributed by atoms with Gasteiger partial charge in [-0.1, -0.05) is 13.8 Å². The van der Waals surface area contributed by atoms with Gasteiger partial charge >= 0.3 is 0 Å². The first-order valence-electron chi connectivity index (χ1n) is 4.02. The Balaban J connectivity index is 0.000000371. The van der Waals surface area contributed by atoms with Crippen molar-refractivity contribution in [1.82, 2.24) is 5.32 Å². The third-order valence-corrected chi connectivity index (χ3v) is 1.51. The van der Waals surface area contributed by atoms with Crippen LogP contribution < -0.4 is 5.32 Å². The molecule has 0 unspecified atom stereocenters. The molecule has 0 heterocycles. The smallest absolute Gasteiger partial charge is 0.00104 e. The predicted octanol–water partition coefficient (Wildman–Crippen LogP) is 2.20. The van der Waals surface area contributed by atoms with E-state index in [0.717, 1.165) is 5.92 Å². The van der Waals surface area contributed by atoms with Crippen molar-refractivity contribution in [1.29, 1.82) is 0 Å². The number of hydrogen-bond acceptors (Lipinski definition) is 1. The lowest BCUT2D eigenvalue weighted by Gasteiger charge is -2.04. The van der Waals surface area contributed by atoms with Crippen LogP contribution in [0.2, 0.25) is 0 Å². The molecule has 0 spiro atoms. The van der Waals surface area contributed by atoms with Crippen LogP contribution >= 0.6 is 0 Å². The maximum absolute atomic E-state index is 3.41. The van der Waals surface area contributed by atoms with Crippen LogP contribution in [-0.4, -0.2) is 12.6 Å². The van der Waals surface area contributed by atoms with Gasteiger partial charge in [0.25, 0.3) is 0 Å². The Bertz CT molecular complexity index is 72.8. The summed E-state index contributed by atoms with van der Waals surface area (Å²) in [6.07, 6.45) is 2.92. The molecular weight excluding hydrogens is 122 g/mol. The summed E-state index contributed by atoms with van der Waals surface area (Å²) in [4.78, 5) is 0. The molecule has 1 aliphatic rings. The van der Waals surface area contributed by atoms with Crippen LogP contribution in [0.1, 0.15) is 26.7 Å². The molecule has 0 bridgehead atoms. The van der Waals surface area contributed by atoms with Gasteiger partial charge in [0.15, 0.2) is 0 Å². The molecule has 60 valence electrons. The maximum atomic E-state index is 3.41. The molecule has 0 aromatic heterocycles. The fraction of sp³-hybridized carbons (Fsp3) is 0.778. The van der Waals surface area contributed by atoms with Crippen molar-refractivity contribution in [2.24, 2.45) is 5.92 Å². The second-order valence-electron chi connectivity index (χ2n) is 3.01. The highest BCUT2D eigenvalue weighted by atomic mass is 14.9. The molecule has 1 nitrogen and oxygen atoms in total. The van der Waals surface area contributed by atoms with E-state index in [4.69, 9.17) is 0 Å². The van der Waals surface area contributed by atoms with E-state index in [9.17, 15) is 0 Å². The number of nitrogens with one attached hydrogen (secondary N) is 1. The summed E-state index contributed by atoms with van der Waals surface area (Å²) in [5, 5.41) is 3.41. The zero-order valence-electron chi connectivity index (χ0n) is 7.19. The molecule has 0 atom stereocenters. The van der Waals surface area contributed by atoms with E-state index in [-0.39, 0.29) is 0 Å². The minimum absolute atomic E-state index is 0.676. The summed E-state index contributed by atoms with van der Waals surface area (Å²) >= 11 is 0. The van der Waals surface area contributed by atoms with Crippen LogP contribution in [0.5, 0.6) is 0 Å². The molecule has 1 saturated carbocycles.